The van der Waals surface area contributed by atoms with Gasteiger partial charge < -0.3 is 9.84 Å². The number of nitrogens with zero attached hydrogens (tertiary/aromatic N) is 4. The summed E-state index contributed by atoms with van der Waals surface area (Å²) in [5.74, 6) is -1.38. The molecule has 0 saturated heterocycles. The largest absolute Gasteiger partial charge is 0.480 e. The van der Waals surface area contributed by atoms with Crippen LogP contribution in [0, 0.1) is 0 Å². The van der Waals surface area contributed by atoms with Crippen LogP contribution in [0.15, 0.2) is 53.6 Å². The molecule has 1 N–H and O–H groups in total. The highest BCUT2D eigenvalue weighted by Crippen LogP contribution is 2.44. The third kappa shape index (κ3) is 3.56. The number of fused-ring (bicyclic) bond motifs is 3. The van der Waals surface area contributed by atoms with Crippen molar-refractivity contribution in [2.45, 2.75) is 12.0 Å². The molecule has 27 heavy (non-hydrogen) atoms. The summed E-state index contributed by atoms with van der Waals surface area (Å²) in [5.41, 5.74) is 12.7. The maximum absolute atomic E-state index is 12.3. The van der Waals surface area contributed by atoms with Crippen LogP contribution in [0.25, 0.3) is 21.6 Å². The molecule has 8 heteroatoms. The molecule has 0 spiro atoms. The van der Waals surface area contributed by atoms with Crippen molar-refractivity contribution in [2.75, 3.05) is 20.2 Å². The summed E-state index contributed by atoms with van der Waals surface area (Å²) in [5, 5.41) is 12.5. The van der Waals surface area contributed by atoms with E-state index in [1.807, 2.05) is 48.5 Å². The summed E-state index contributed by atoms with van der Waals surface area (Å²) < 4.78 is 5.40. The lowest BCUT2D eigenvalue weighted by atomic mass is 9.98. The molecule has 1 atom stereocenters. The van der Waals surface area contributed by atoms with Gasteiger partial charge in [0.25, 0.3) is 0 Å². The zero-order valence-corrected chi connectivity index (χ0v) is 14.6. The van der Waals surface area contributed by atoms with Crippen LogP contribution in [0.5, 0.6) is 0 Å². The lowest BCUT2D eigenvalue weighted by Crippen LogP contribution is -2.44. The zero-order chi connectivity index (χ0) is 19.4. The quantitative estimate of drug-likeness (QED) is 0.477. The van der Waals surface area contributed by atoms with Crippen LogP contribution in [0.3, 0.4) is 0 Å². The van der Waals surface area contributed by atoms with E-state index < -0.39 is 18.1 Å². The van der Waals surface area contributed by atoms with E-state index in [1.54, 1.807) is 0 Å². The highest BCUT2D eigenvalue weighted by Gasteiger charge is 2.31. The lowest BCUT2D eigenvalue weighted by Gasteiger charge is -2.24. The fraction of sp³-hybridized carbons (Fsp3) is 0.263. The highest BCUT2D eigenvalue weighted by atomic mass is 16.6. The van der Waals surface area contributed by atoms with Crippen LogP contribution in [-0.2, 0) is 9.53 Å². The van der Waals surface area contributed by atoms with Crippen LogP contribution in [0.2, 0.25) is 0 Å². The van der Waals surface area contributed by atoms with Gasteiger partial charge in [-0.05, 0) is 27.8 Å². The minimum Gasteiger partial charge on any atom is -0.480 e. The molecule has 1 unspecified atom stereocenters. The Bertz CT molecular complexity index is 878. The standard InChI is InChI=1S/C19H18N4O4/c1-23(17(18(24)25)10-21-22-20)19(26)27-11-16-14-8-4-2-6-12(14)13-7-3-5-9-15(13)16/h2-9,16-17H,10-11H2,1H3,(H,24,25). The molecule has 0 aliphatic heterocycles. The van der Waals surface area contributed by atoms with Crippen molar-refractivity contribution in [2.24, 2.45) is 5.11 Å². The van der Waals surface area contributed by atoms with Crippen molar-refractivity contribution in [3.05, 3.63) is 70.1 Å². The number of carbonyl (C=O) groups excluding carboxylic acids is 1. The van der Waals surface area contributed by atoms with Gasteiger partial charge in [0.05, 0.1) is 6.54 Å². The Balaban J connectivity index is 1.75. The third-order valence-corrected chi connectivity index (χ3v) is 4.69. The van der Waals surface area contributed by atoms with Gasteiger partial charge >= 0.3 is 12.1 Å². The molecule has 1 aliphatic rings. The van der Waals surface area contributed by atoms with Crippen molar-refractivity contribution >= 4 is 12.1 Å². The average molecular weight is 366 g/mol. The number of rotatable bonds is 6. The van der Waals surface area contributed by atoms with Gasteiger partial charge in [-0.15, -0.1) is 0 Å². The average Bonchev–Trinajstić information content (AvgIpc) is 3.00. The van der Waals surface area contributed by atoms with Crippen LogP contribution in [-0.4, -0.2) is 48.3 Å². The van der Waals surface area contributed by atoms with Gasteiger partial charge in [-0.3, -0.25) is 4.90 Å². The number of aliphatic carboxylic acids is 1. The molecule has 138 valence electrons. The molecule has 0 aromatic heterocycles. The number of azide groups is 1. The van der Waals surface area contributed by atoms with Crippen molar-refractivity contribution in [3.8, 4) is 11.1 Å². The molecule has 0 saturated carbocycles. The van der Waals surface area contributed by atoms with E-state index in [2.05, 4.69) is 10.0 Å². The summed E-state index contributed by atoms with van der Waals surface area (Å²) in [6.07, 6.45) is -0.780. The normalized spacial score (nSPS) is 13.1. The number of amides is 1. The first kappa shape index (κ1) is 18.3. The van der Waals surface area contributed by atoms with E-state index >= 15 is 0 Å². The van der Waals surface area contributed by atoms with Crippen molar-refractivity contribution in [1.29, 1.82) is 0 Å². The molecule has 1 amide bonds. The van der Waals surface area contributed by atoms with Crippen molar-refractivity contribution in [1.82, 2.24) is 4.90 Å². The first-order valence-electron chi connectivity index (χ1n) is 8.36. The molecule has 0 fully saturated rings. The number of ether oxygens (including phenoxy) is 1. The molecule has 2 aromatic carbocycles. The van der Waals surface area contributed by atoms with E-state index in [0.29, 0.717) is 0 Å². The van der Waals surface area contributed by atoms with Crippen LogP contribution in [0.4, 0.5) is 4.79 Å². The Morgan fingerprint density at radius 1 is 1.19 bits per heavy atom. The summed E-state index contributed by atoms with van der Waals surface area (Å²) in [6, 6.07) is 14.6. The van der Waals surface area contributed by atoms with Crippen molar-refractivity contribution in [3.63, 3.8) is 0 Å². The summed E-state index contributed by atoms with van der Waals surface area (Å²) >= 11 is 0. The highest BCUT2D eigenvalue weighted by molar-refractivity contribution is 5.81. The van der Waals surface area contributed by atoms with E-state index in [-0.39, 0.29) is 19.1 Å². The second-order valence-corrected chi connectivity index (χ2v) is 6.18. The maximum atomic E-state index is 12.3. The number of carboxylic acid groups (broad SMARTS) is 1. The van der Waals surface area contributed by atoms with Gasteiger partial charge in [0.1, 0.15) is 12.6 Å². The van der Waals surface area contributed by atoms with Crippen LogP contribution in [0.1, 0.15) is 17.0 Å². The Labute approximate surface area is 155 Å². The smallest absolute Gasteiger partial charge is 0.410 e. The first-order valence-corrected chi connectivity index (χ1v) is 8.36. The van der Waals surface area contributed by atoms with Gasteiger partial charge in [0.2, 0.25) is 0 Å². The van der Waals surface area contributed by atoms with E-state index in [9.17, 15) is 14.7 Å². The number of likely N-dealkylation sites (N-methyl/N-ethyl adjacent to an activating group) is 1. The Morgan fingerprint density at radius 2 is 1.74 bits per heavy atom. The molecule has 1 aliphatic carbocycles. The summed E-state index contributed by atoms with van der Waals surface area (Å²) in [6.45, 7) is -0.280. The predicted molar refractivity (Wildman–Crippen MR) is 98.3 cm³/mol. The number of hydrogen-bond donors (Lipinski definition) is 1. The molecule has 2 aromatic rings. The Hall–Kier alpha value is -3.51. The van der Waals surface area contributed by atoms with Gasteiger partial charge in [-0.25, -0.2) is 9.59 Å². The van der Waals surface area contributed by atoms with E-state index in [4.69, 9.17) is 10.3 Å². The van der Waals surface area contributed by atoms with Gasteiger partial charge in [-0.2, -0.15) is 0 Å². The molecule has 0 bridgehead atoms. The topological polar surface area (TPSA) is 116 Å². The molecule has 0 radical (unpaired) electrons. The van der Waals surface area contributed by atoms with E-state index in [0.717, 1.165) is 27.2 Å². The molecular formula is C19H18N4O4. The Morgan fingerprint density at radius 3 is 2.26 bits per heavy atom. The van der Waals surface area contributed by atoms with Gasteiger partial charge in [0, 0.05) is 17.9 Å². The molecule has 0 heterocycles. The Kier molecular flexibility index (Phi) is 5.28. The SMILES string of the molecule is CN(C(=O)OCC1c2ccccc2-c2ccccc21)C(CN=[N+]=[N-])C(=O)O. The summed E-state index contributed by atoms with van der Waals surface area (Å²) in [4.78, 5) is 27.1. The minimum absolute atomic E-state index is 0.0884. The maximum Gasteiger partial charge on any atom is 0.410 e. The predicted octanol–water partition coefficient (Wildman–Crippen LogP) is 3.63. The van der Waals surface area contributed by atoms with Crippen LogP contribution < -0.4 is 0 Å². The second-order valence-electron chi connectivity index (χ2n) is 6.18. The van der Waals surface area contributed by atoms with Crippen molar-refractivity contribution < 1.29 is 19.4 Å². The lowest BCUT2D eigenvalue weighted by molar-refractivity contribution is -0.141. The third-order valence-electron chi connectivity index (χ3n) is 4.69. The molecular weight excluding hydrogens is 348 g/mol. The number of carboxylic acids is 1. The second kappa shape index (κ2) is 7.80. The molecule has 3 rings (SSSR count). The van der Waals surface area contributed by atoms with Crippen LogP contribution >= 0.6 is 0 Å². The van der Waals surface area contributed by atoms with Gasteiger partial charge in [-0.1, -0.05) is 53.6 Å². The fourth-order valence-corrected chi connectivity index (χ4v) is 3.30. The molecule has 8 nitrogen and oxygen atoms in total. The fourth-order valence-electron chi connectivity index (χ4n) is 3.30. The number of carbonyl (C=O) groups is 2. The van der Waals surface area contributed by atoms with Gasteiger partial charge in [0.15, 0.2) is 0 Å². The number of benzene rings is 2. The number of hydrogen-bond acceptors (Lipinski definition) is 4. The van der Waals surface area contributed by atoms with E-state index in [1.165, 1.54) is 7.05 Å². The summed E-state index contributed by atoms with van der Waals surface area (Å²) in [7, 11) is 1.31. The first-order chi connectivity index (χ1) is 13.0. The minimum atomic E-state index is -1.28. The zero-order valence-electron chi connectivity index (χ0n) is 14.6. The monoisotopic (exact) mass is 366 g/mol.